The molecule has 1 saturated heterocycles. The number of hydrogen-bond acceptors (Lipinski definition) is 3. The highest BCUT2D eigenvalue weighted by Crippen LogP contribution is 2.23. The lowest BCUT2D eigenvalue weighted by atomic mass is 9.95. The van der Waals surface area contributed by atoms with Gasteiger partial charge in [-0.1, -0.05) is 30.3 Å². The maximum atomic E-state index is 13.3. The third-order valence-electron chi connectivity index (χ3n) is 5.97. The molecule has 0 aliphatic carbocycles. The van der Waals surface area contributed by atoms with Gasteiger partial charge in [-0.05, 0) is 37.0 Å². The zero-order valence-electron chi connectivity index (χ0n) is 17.6. The highest BCUT2D eigenvalue weighted by molar-refractivity contribution is 5.82. The molecule has 1 fully saturated rings. The lowest BCUT2D eigenvalue weighted by molar-refractivity contribution is -0.138. The quantitative estimate of drug-likeness (QED) is 0.589. The first-order valence-electron chi connectivity index (χ1n) is 10.9. The van der Waals surface area contributed by atoms with Crippen molar-refractivity contribution in [3.63, 3.8) is 0 Å². The molecule has 0 spiro atoms. The Morgan fingerprint density at radius 1 is 1.10 bits per heavy atom. The van der Waals surface area contributed by atoms with Crippen molar-refractivity contribution in [3.05, 3.63) is 78.6 Å². The monoisotopic (exact) mass is 419 g/mol. The van der Waals surface area contributed by atoms with Crippen LogP contribution >= 0.6 is 0 Å². The molecule has 2 N–H and O–H groups in total. The average molecular weight is 420 g/mol. The molecule has 0 radical (unpaired) electrons. The molecule has 1 atom stereocenters. The Labute approximate surface area is 182 Å². The Morgan fingerprint density at radius 3 is 2.52 bits per heavy atom. The van der Waals surface area contributed by atoms with Crippen LogP contribution in [0.3, 0.4) is 0 Å². The molecule has 0 saturated carbocycles. The number of benzene rings is 1. The summed E-state index contributed by atoms with van der Waals surface area (Å²) in [5, 5.41) is 3.06. The van der Waals surface area contributed by atoms with E-state index in [0.29, 0.717) is 38.9 Å². The van der Waals surface area contributed by atoms with Crippen LogP contribution in [0.2, 0.25) is 0 Å². The van der Waals surface area contributed by atoms with Crippen LogP contribution in [0.5, 0.6) is 0 Å². The molecule has 3 aromatic rings. The van der Waals surface area contributed by atoms with Gasteiger partial charge in [0.1, 0.15) is 6.04 Å². The molecule has 31 heavy (non-hydrogen) atoms. The zero-order chi connectivity index (χ0) is 21.5. The first kappa shape index (κ1) is 20.9. The van der Waals surface area contributed by atoms with Crippen LogP contribution in [-0.4, -0.2) is 50.9 Å². The molecule has 1 aliphatic heterocycles. The van der Waals surface area contributed by atoms with Gasteiger partial charge in [-0.25, -0.2) is 4.98 Å². The van der Waals surface area contributed by atoms with E-state index in [1.165, 1.54) is 5.56 Å². The van der Waals surface area contributed by atoms with Gasteiger partial charge in [-0.2, -0.15) is 0 Å². The molecular formula is C24H29N5O2. The van der Waals surface area contributed by atoms with Gasteiger partial charge < -0.3 is 19.8 Å². The second-order valence-corrected chi connectivity index (χ2v) is 8.05. The second-order valence-electron chi connectivity index (χ2n) is 8.05. The Bertz CT molecular complexity index is 945. The molecule has 3 heterocycles. The van der Waals surface area contributed by atoms with E-state index >= 15 is 0 Å². The lowest BCUT2D eigenvalue weighted by Gasteiger charge is -2.34. The fourth-order valence-corrected chi connectivity index (χ4v) is 4.17. The number of aromatic nitrogens is 3. The minimum absolute atomic E-state index is 0.0301. The lowest BCUT2D eigenvalue weighted by Crippen LogP contribution is -2.46. The van der Waals surface area contributed by atoms with Crippen LogP contribution in [0.1, 0.15) is 30.1 Å². The van der Waals surface area contributed by atoms with E-state index in [4.69, 9.17) is 0 Å². The topological polar surface area (TPSA) is 83.0 Å². The minimum Gasteiger partial charge on any atom is -0.356 e. The van der Waals surface area contributed by atoms with Crippen LogP contribution in [0.15, 0.2) is 67.4 Å². The Balaban J connectivity index is 1.28. The zero-order valence-corrected chi connectivity index (χ0v) is 17.6. The van der Waals surface area contributed by atoms with Gasteiger partial charge in [0, 0.05) is 56.3 Å². The first-order valence-corrected chi connectivity index (χ1v) is 10.9. The van der Waals surface area contributed by atoms with E-state index in [-0.39, 0.29) is 23.8 Å². The van der Waals surface area contributed by atoms with Gasteiger partial charge in [0.15, 0.2) is 0 Å². The third-order valence-corrected chi connectivity index (χ3v) is 5.97. The summed E-state index contributed by atoms with van der Waals surface area (Å²) in [5.41, 5.74) is 2.15. The fourth-order valence-electron chi connectivity index (χ4n) is 4.17. The number of nitrogens with zero attached hydrogens (tertiary/aromatic N) is 3. The van der Waals surface area contributed by atoms with Gasteiger partial charge in [0.05, 0.1) is 6.33 Å². The summed E-state index contributed by atoms with van der Waals surface area (Å²) in [5.74, 6) is 0.161. The van der Waals surface area contributed by atoms with Gasteiger partial charge in [-0.15, -0.1) is 0 Å². The number of piperidine rings is 1. The molecule has 1 unspecified atom stereocenters. The molecule has 1 aliphatic rings. The molecule has 1 aromatic carbocycles. The van der Waals surface area contributed by atoms with Gasteiger partial charge in [0.2, 0.25) is 11.8 Å². The van der Waals surface area contributed by atoms with Crippen LogP contribution in [0, 0.1) is 5.92 Å². The van der Waals surface area contributed by atoms with Crippen molar-refractivity contribution in [1.82, 2.24) is 24.8 Å². The third kappa shape index (κ3) is 5.42. The van der Waals surface area contributed by atoms with Crippen LogP contribution in [0.4, 0.5) is 0 Å². The Kier molecular flexibility index (Phi) is 6.82. The summed E-state index contributed by atoms with van der Waals surface area (Å²) in [7, 11) is 0. The number of hydrogen-bond donors (Lipinski definition) is 2. The predicted molar refractivity (Wildman–Crippen MR) is 118 cm³/mol. The van der Waals surface area contributed by atoms with E-state index < -0.39 is 0 Å². The fraction of sp³-hybridized carbons (Fsp3) is 0.375. The van der Waals surface area contributed by atoms with Crippen molar-refractivity contribution in [1.29, 1.82) is 0 Å². The molecule has 0 bridgehead atoms. The van der Waals surface area contributed by atoms with Crippen molar-refractivity contribution in [3.8, 4) is 0 Å². The highest BCUT2D eigenvalue weighted by atomic mass is 16.2. The summed E-state index contributed by atoms with van der Waals surface area (Å²) in [6, 6.07) is 13.7. The number of carbonyl (C=O) groups excluding carboxylic acids is 2. The smallest absolute Gasteiger partial charge is 0.246 e. The molecule has 7 heteroatoms. The molecular weight excluding hydrogens is 390 g/mol. The van der Waals surface area contributed by atoms with E-state index in [0.717, 1.165) is 12.1 Å². The molecule has 2 aromatic heterocycles. The van der Waals surface area contributed by atoms with Crippen molar-refractivity contribution in [2.24, 2.45) is 5.92 Å². The van der Waals surface area contributed by atoms with Crippen LogP contribution in [0.25, 0.3) is 0 Å². The SMILES string of the molecule is O=C(NCCc1ccccc1)C1CCN(C(=O)C(Cc2cnc[nH]2)n2cccc2)CC1. The summed E-state index contributed by atoms with van der Waals surface area (Å²) < 4.78 is 1.95. The number of amides is 2. The van der Waals surface area contributed by atoms with Crippen molar-refractivity contribution >= 4 is 11.8 Å². The molecule has 4 rings (SSSR count). The van der Waals surface area contributed by atoms with E-state index in [1.807, 2.05) is 52.2 Å². The maximum Gasteiger partial charge on any atom is 0.246 e. The molecule has 7 nitrogen and oxygen atoms in total. The summed E-state index contributed by atoms with van der Waals surface area (Å²) in [4.78, 5) is 34.9. The summed E-state index contributed by atoms with van der Waals surface area (Å²) in [6.07, 6.45) is 10.0. The number of likely N-dealkylation sites (tertiary alicyclic amines) is 1. The van der Waals surface area contributed by atoms with Crippen molar-refractivity contribution in [2.75, 3.05) is 19.6 Å². The van der Waals surface area contributed by atoms with Gasteiger partial charge in [-0.3, -0.25) is 9.59 Å². The molecule has 2 amide bonds. The normalized spacial score (nSPS) is 15.5. The van der Waals surface area contributed by atoms with Crippen molar-refractivity contribution < 1.29 is 9.59 Å². The number of H-pyrrole nitrogens is 1. The standard InChI is InChI=1S/C24H29N5O2/c30-23(26-11-8-19-6-2-1-3-7-19)20-9-14-29(15-10-20)24(31)22(28-12-4-5-13-28)16-21-17-25-18-27-21/h1-7,12-13,17-18,20,22H,8-11,14-16H2,(H,25,27)(H,26,30). The van der Waals surface area contributed by atoms with E-state index in [9.17, 15) is 9.59 Å². The molecule has 162 valence electrons. The van der Waals surface area contributed by atoms with E-state index in [2.05, 4.69) is 27.4 Å². The minimum atomic E-state index is -0.313. The summed E-state index contributed by atoms with van der Waals surface area (Å²) in [6.45, 7) is 1.86. The van der Waals surface area contributed by atoms with Crippen LogP contribution < -0.4 is 5.32 Å². The number of aromatic amines is 1. The van der Waals surface area contributed by atoms with Crippen LogP contribution in [-0.2, 0) is 22.4 Å². The summed E-state index contributed by atoms with van der Waals surface area (Å²) >= 11 is 0. The average Bonchev–Trinajstić information content (AvgIpc) is 3.52. The van der Waals surface area contributed by atoms with Gasteiger partial charge in [0.25, 0.3) is 0 Å². The van der Waals surface area contributed by atoms with E-state index in [1.54, 1.807) is 12.5 Å². The predicted octanol–water partition coefficient (Wildman–Crippen LogP) is 2.59. The van der Waals surface area contributed by atoms with Gasteiger partial charge >= 0.3 is 0 Å². The Morgan fingerprint density at radius 2 is 1.84 bits per heavy atom. The Hall–Kier alpha value is -3.35. The van der Waals surface area contributed by atoms with Crippen molar-refractivity contribution in [2.45, 2.75) is 31.7 Å². The second kappa shape index (κ2) is 10.1. The number of carbonyl (C=O) groups is 2. The number of imidazole rings is 1. The number of rotatable bonds is 8. The number of nitrogens with one attached hydrogen (secondary N) is 2. The first-order chi connectivity index (χ1) is 15.2. The highest BCUT2D eigenvalue weighted by Gasteiger charge is 2.31. The largest absolute Gasteiger partial charge is 0.356 e. The maximum absolute atomic E-state index is 13.3.